The predicted octanol–water partition coefficient (Wildman–Crippen LogP) is 1.23. The number of nitro groups is 1. The van der Waals surface area contributed by atoms with E-state index >= 15 is 0 Å². The summed E-state index contributed by atoms with van der Waals surface area (Å²) >= 11 is 0. The smallest absolute Gasteiger partial charge is 0.305 e. The molecule has 0 saturated heterocycles. The van der Waals surface area contributed by atoms with Crippen LogP contribution in [-0.2, 0) is 0 Å². The fraction of sp³-hybridized carbons (Fsp3) is 0.556. The Morgan fingerprint density at radius 2 is 2.07 bits per heavy atom. The topological polar surface area (TPSA) is 94.9 Å². The van der Waals surface area contributed by atoms with Crippen molar-refractivity contribution in [3.8, 4) is 0 Å². The molecule has 0 saturated carbocycles. The van der Waals surface area contributed by atoms with Gasteiger partial charge in [-0.15, -0.1) is 0 Å². The summed E-state index contributed by atoms with van der Waals surface area (Å²) in [5.41, 5.74) is 5.66. The quantitative estimate of drug-likeness (QED) is 0.595. The third-order valence-electron chi connectivity index (χ3n) is 2.28. The first-order valence-electron chi connectivity index (χ1n) is 4.78. The van der Waals surface area contributed by atoms with Gasteiger partial charge in [0.15, 0.2) is 0 Å². The summed E-state index contributed by atoms with van der Waals surface area (Å²) in [6, 6.07) is -0.0588. The van der Waals surface area contributed by atoms with Crippen molar-refractivity contribution in [3.05, 3.63) is 28.3 Å². The van der Waals surface area contributed by atoms with Gasteiger partial charge < -0.3 is 5.73 Å². The Balaban J connectivity index is 2.92. The highest BCUT2D eigenvalue weighted by Gasteiger charge is 2.18. The van der Waals surface area contributed by atoms with E-state index in [1.807, 2.05) is 13.8 Å². The molecule has 1 aromatic heterocycles. The van der Waals surface area contributed by atoms with E-state index in [4.69, 9.17) is 5.73 Å². The van der Waals surface area contributed by atoms with Gasteiger partial charge in [-0.2, -0.15) is 0 Å². The van der Waals surface area contributed by atoms with E-state index < -0.39 is 4.92 Å². The molecule has 2 N–H and O–H groups in total. The van der Waals surface area contributed by atoms with Crippen molar-refractivity contribution in [2.24, 2.45) is 5.73 Å². The zero-order valence-corrected chi connectivity index (χ0v) is 8.75. The van der Waals surface area contributed by atoms with Crippen LogP contribution in [0.2, 0.25) is 0 Å². The highest BCUT2D eigenvalue weighted by molar-refractivity contribution is 5.21. The Hall–Kier alpha value is -1.56. The summed E-state index contributed by atoms with van der Waals surface area (Å²) in [6.45, 7) is 3.86. The maximum absolute atomic E-state index is 10.4. The van der Waals surface area contributed by atoms with E-state index in [1.54, 1.807) is 0 Å². The lowest BCUT2D eigenvalue weighted by Gasteiger charge is -2.16. The van der Waals surface area contributed by atoms with Crippen LogP contribution in [0.4, 0.5) is 5.69 Å². The second kappa shape index (κ2) is 4.79. The van der Waals surface area contributed by atoms with Crippen molar-refractivity contribution in [2.45, 2.75) is 32.2 Å². The van der Waals surface area contributed by atoms with E-state index in [9.17, 15) is 10.1 Å². The Bertz CT molecular complexity index is 336. The standard InChI is InChI=1S/C9H14N4O2/c1-3-8(6(2)10)9-11-4-7(5-12-9)13(14)15/h4-6,8H,3,10H2,1-2H3. The maximum Gasteiger partial charge on any atom is 0.305 e. The SMILES string of the molecule is CCC(c1ncc([N+](=O)[O-])cn1)C(C)N. The number of hydrogen-bond acceptors (Lipinski definition) is 5. The van der Waals surface area contributed by atoms with Crippen LogP contribution in [-0.4, -0.2) is 20.9 Å². The molecular formula is C9H14N4O2. The number of aromatic nitrogens is 2. The van der Waals surface area contributed by atoms with Crippen molar-refractivity contribution in [3.63, 3.8) is 0 Å². The molecule has 2 atom stereocenters. The number of rotatable bonds is 4. The monoisotopic (exact) mass is 210 g/mol. The van der Waals surface area contributed by atoms with Crippen molar-refractivity contribution in [1.82, 2.24) is 9.97 Å². The van der Waals surface area contributed by atoms with Crippen molar-refractivity contribution < 1.29 is 4.92 Å². The average Bonchev–Trinajstić information content (AvgIpc) is 2.19. The first-order chi connectivity index (χ1) is 7.06. The van der Waals surface area contributed by atoms with Gasteiger partial charge in [0.05, 0.1) is 4.92 Å². The predicted molar refractivity (Wildman–Crippen MR) is 55.4 cm³/mol. The lowest BCUT2D eigenvalue weighted by atomic mass is 9.98. The first-order valence-corrected chi connectivity index (χ1v) is 4.78. The van der Waals surface area contributed by atoms with Crippen LogP contribution in [0.15, 0.2) is 12.4 Å². The van der Waals surface area contributed by atoms with Gasteiger partial charge in [-0.25, -0.2) is 9.97 Å². The normalized spacial score (nSPS) is 14.6. The molecule has 1 rings (SSSR count). The molecule has 0 bridgehead atoms. The van der Waals surface area contributed by atoms with Crippen LogP contribution in [0.3, 0.4) is 0 Å². The molecule has 0 aliphatic carbocycles. The fourth-order valence-electron chi connectivity index (χ4n) is 1.41. The van der Waals surface area contributed by atoms with Crippen molar-refractivity contribution >= 4 is 5.69 Å². The summed E-state index contributed by atoms with van der Waals surface area (Å²) < 4.78 is 0. The Labute approximate surface area is 87.7 Å². The molecule has 15 heavy (non-hydrogen) atoms. The average molecular weight is 210 g/mol. The number of nitrogens with two attached hydrogens (primary N) is 1. The van der Waals surface area contributed by atoms with Gasteiger partial charge in [0.1, 0.15) is 18.2 Å². The minimum atomic E-state index is -0.517. The van der Waals surface area contributed by atoms with Gasteiger partial charge in [0, 0.05) is 12.0 Å². The molecule has 0 radical (unpaired) electrons. The van der Waals surface area contributed by atoms with E-state index in [0.717, 1.165) is 6.42 Å². The molecule has 0 aliphatic rings. The van der Waals surface area contributed by atoms with E-state index in [1.165, 1.54) is 12.4 Å². The molecule has 82 valence electrons. The fourth-order valence-corrected chi connectivity index (χ4v) is 1.41. The molecule has 0 spiro atoms. The lowest BCUT2D eigenvalue weighted by molar-refractivity contribution is -0.385. The third kappa shape index (κ3) is 2.69. The van der Waals surface area contributed by atoms with Gasteiger partial charge in [0.25, 0.3) is 0 Å². The summed E-state index contributed by atoms with van der Waals surface area (Å²) in [5, 5.41) is 10.4. The highest BCUT2D eigenvalue weighted by atomic mass is 16.6. The van der Waals surface area contributed by atoms with Gasteiger partial charge in [-0.3, -0.25) is 10.1 Å². The van der Waals surface area contributed by atoms with Crippen LogP contribution in [0.5, 0.6) is 0 Å². The molecule has 1 heterocycles. The first kappa shape index (κ1) is 11.5. The maximum atomic E-state index is 10.4. The Morgan fingerprint density at radius 3 is 2.40 bits per heavy atom. The van der Waals surface area contributed by atoms with Gasteiger partial charge >= 0.3 is 5.69 Å². The zero-order valence-electron chi connectivity index (χ0n) is 8.75. The largest absolute Gasteiger partial charge is 0.327 e. The molecular weight excluding hydrogens is 196 g/mol. The summed E-state index contributed by atoms with van der Waals surface area (Å²) in [5.74, 6) is 0.615. The lowest BCUT2D eigenvalue weighted by Crippen LogP contribution is -2.25. The number of hydrogen-bond donors (Lipinski definition) is 1. The molecule has 6 heteroatoms. The highest BCUT2D eigenvalue weighted by Crippen LogP contribution is 2.19. The molecule has 0 aliphatic heterocycles. The molecule has 0 amide bonds. The molecule has 0 fully saturated rings. The van der Waals surface area contributed by atoms with Crippen molar-refractivity contribution in [2.75, 3.05) is 0 Å². The molecule has 2 unspecified atom stereocenters. The number of nitrogens with zero attached hydrogens (tertiary/aromatic N) is 3. The van der Waals surface area contributed by atoms with E-state index in [2.05, 4.69) is 9.97 Å². The van der Waals surface area contributed by atoms with Gasteiger partial charge in [0.2, 0.25) is 0 Å². The molecule has 6 nitrogen and oxygen atoms in total. The minimum Gasteiger partial charge on any atom is -0.327 e. The van der Waals surface area contributed by atoms with Crippen LogP contribution in [0, 0.1) is 10.1 Å². The van der Waals surface area contributed by atoms with Crippen LogP contribution in [0.1, 0.15) is 32.0 Å². The summed E-state index contributed by atoms with van der Waals surface area (Å²) in [4.78, 5) is 17.8. The second-order valence-electron chi connectivity index (χ2n) is 3.43. The molecule has 1 aromatic rings. The summed E-state index contributed by atoms with van der Waals surface area (Å²) in [7, 11) is 0. The second-order valence-corrected chi connectivity index (χ2v) is 3.43. The van der Waals surface area contributed by atoms with Crippen LogP contribution in [0.25, 0.3) is 0 Å². The third-order valence-corrected chi connectivity index (χ3v) is 2.28. The summed E-state index contributed by atoms with van der Waals surface area (Å²) in [6.07, 6.45) is 3.25. The Kier molecular flexibility index (Phi) is 3.68. The van der Waals surface area contributed by atoms with E-state index in [-0.39, 0.29) is 17.6 Å². The molecule has 0 aromatic carbocycles. The zero-order chi connectivity index (χ0) is 11.4. The van der Waals surface area contributed by atoms with Crippen LogP contribution < -0.4 is 5.73 Å². The van der Waals surface area contributed by atoms with Crippen LogP contribution >= 0.6 is 0 Å². The van der Waals surface area contributed by atoms with Crippen molar-refractivity contribution in [1.29, 1.82) is 0 Å². The minimum absolute atomic E-state index is 0.0470. The van der Waals surface area contributed by atoms with Gasteiger partial charge in [-0.05, 0) is 13.3 Å². The van der Waals surface area contributed by atoms with Gasteiger partial charge in [-0.1, -0.05) is 6.92 Å². The Morgan fingerprint density at radius 1 is 1.53 bits per heavy atom. The van der Waals surface area contributed by atoms with E-state index in [0.29, 0.717) is 5.82 Å².